The standard InChI is InChI=1S/C24H29N3O5S/c1-2-22(28)26-23-14-19-15-27(16-21(19)32-23)33(30,31)20-10-8-18(9-11-20)24(29)25-13-12-17-6-4-3-5-7-17/h2,8-11,14,17H,1,3-7,12-13,15-16H2,(H,25,29)(H,26,28). The second kappa shape index (κ2) is 9.93. The Morgan fingerprint density at radius 1 is 1.12 bits per heavy atom. The number of fused-ring (bicyclic) bond motifs is 1. The molecule has 176 valence electrons. The number of anilines is 1. The number of rotatable bonds is 8. The summed E-state index contributed by atoms with van der Waals surface area (Å²) in [5.74, 6) is 0.859. The normalized spacial score (nSPS) is 16.8. The predicted molar refractivity (Wildman–Crippen MR) is 124 cm³/mol. The molecule has 1 aromatic heterocycles. The van der Waals surface area contributed by atoms with Crippen molar-refractivity contribution in [3.63, 3.8) is 0 Å². The largest absolute Gasteiger partial charge is 0.444 e. The van der Waals surface area contributed by atoms with E-state index in [1.807, 2.05) is 0 Å². The lowest BCUT2D eigenvalue weighted by molar-refractivity contribution is -0.112. The van der Waals surface area contributed by atoms with Gasteiger partial charge in [0.2, 0.25) is 15.9 Å². The first-order chi connectivity index (χ1) is 15.9. The highest BCUT2D eigenvalue weighted by Crippen LogP contribution is 2.32. The monoisotopic (exact) mass is 471 g/mol. The maximum atomic E-state index is 13.0. The van der Waals surface area contributed by atoms with E-state index in [0.717, 1.165) is 12.5 Å². The third-order valence-corrected chi connectivity index (χ3v) is 8.12. The number of nitrogens with one attached hydrogen (secondary N) is 2. The molecule has 2 aromatic rings. The lowest BCUT2D eigenvalue weighted by atomic mass is 9.87. The van der Waals surface area contributed by atoms with Crippen LogP contribution in [-0.2, 0) is 27.9 Å². The van der Waals surface area contributed by atoms with E-state index in [1.165, 1.54) is 48.5 Å². The summed E-state index contributed by atoms with van der Waals surface area (Å²) in [5, 5.41) is 5.47. The van der Waals surface area contributed by atoms with E-state index in [-0.39, 0.29) is 29.8 Å². The molecule has 0 radical (unpaired) electrons. The first-order valence-electron chi connectivity index (χ1n) is 11.3. The van der Waals surface area contributed by atoms with Crippen molar-refractivity contribution in [1.29, 1.82) is 0 Å². The van der Waals surface area contributed by atoms with Crippen LogP contribution in [0.3, 0.4) is 0 Å². The van der Waals surface area contributed by atoms with Gasteiger partial charge in [-0.25, -0.2) is 8.42 Å². The molecule has 0 saturated heterocycles. The Hall–Kier alpha value is -2.91. The van der Waals surface area contributed by atoms with Gasteiger partial charge in [0.25, 0.3) is 5.91 Å². The van der Waals surface area contributed by atoms with E-state index in [4.69, 9.17) is 4.42 Å². The molecule has 9 heteroatoms. The Balaban J connectivity index is 1.33. The van der Waals surface area contributed by atoms with Crippen molar-refractivity contribution >= 4 is 27.7 Å². The van der Waals surface area contributed by atoms with E-state index in [2.05, 4.69) is 17.2 Å². The van der Waals surface area contributed by atoms with Crippen LogP contribution in [0.25, 0.3) is 0 Å². The molecule has 2 heterocycles. The molecule has 8 nitrogen and oxygen atoms in total. The fourth-order valence-corrected chi connectivity index (χ4v) is 5.81. The molecule has 0 bridgehead atoms. The Morgan fingerprint density at radius 3 is 2.52 bits per heavy atom. The Morgan fingerprint density at radius 2 is 1.85 bits per heavy atom. The molecule has 1 aliphatic carbocycles. The Bertz CT molecular complexity index is 1110. The Labute approximate surface area is 194 Å². The summed E-state index contributed by atoms with van der Waals surface area (Å²) in [4.78, 5) is 23.9. The maximum Gasteiger partial charge on any atom is 0.251 e. The van der Waals surface area contributed by atoms with Crippen LogP contribution in [0.15, 0.2) is 52.3 Å². The van der Waals surface area contributed by atoms with Crippen molar-refractivity contribution in [3.05, 3.63) is 59.9 Å². The van der Waals surface area contributed by atoms with Crippen LogP contribution < -0.4 is 10.6 Å². The summed E-state index contributed by atoms with van der Waals surface area (Å²) in [6, 6.07) is 7.62. The number of hydrogen-bond acceptors (Lipinski definition) is 5. The third kappa shape index (κ3) is 5.36. The highest BCUT2D eigenvalue weighted by Gasteiger charge is 2.33. The zero-order valence-corrected chi connectivity index (χ0v) is 19.3. The third-order valence-electron chi connectivity index (χ3n) is 6.31. The fraction of sp³-hybridized carbons (Fsp3) is 0.417. The molecule has 1 aromatic carbocycles. The lowest BCUT2D eigenvalue weighted by Crippen LogP contribution is -2.27. The van der Waals surface area contributed by atoms with E-state index >= 15 is 0 Å². The lowest BCUT2D eigenvalue weighted by Gasteiger charge is -2.21. The van der Waals surface area contributed by atoms with Crippen LogP contribution in [0, 0.1) is 5.92 Å². The van der Waals surface area contributed by atoms with Gasteiger partial charge >= 0.3 is 0 Å². The van der Waals surface area contributed by atoms with E-state index < -0.39 is 15.9 Å². The quantitative estimate of drug-likeness (QED) is 0.569. The van der Waals surface area contributed by atoms with Gasteiger partial charge in [0.05, 0.1) is 11.4 Å². The highest BCUT2D eigenvalue weighted by molar-refractivity contribution is 7.89. The zero-order chi connectivity index (χ0) is 23.4. The maximum absolute atomic E-state index is 13.0. The second-order valence-electron chi connectivity index (χ2n) is 8.60. The van der Waals surface area contributed by atoms with Gasteiger partial charge in [-0.2, -0.15) is 4.31 Å². The second-order valence-corrected chi connectivity index (χ2v) is 10.5. The van der Waals surface area contributed by atoms with Gasteiger partial charge in [0.15, 0.2) is 5.88 Å². The van der Waals surface area contributed by atoms with Gasteiger partial charge in [-0.1, -0.05) is 38.7 Å². The molecule has 2 amide bonds. The molecule has 0 atom stereocenters. The van der Waals surface area contributed by atoms with Crippen molar-refractivity contribution in [2.75, 3.05) is 11.9 Å². The average molecular weight is 472 g/mol. The van der Waals surface area contributed by atoms with Gasteiger partial charge in [-0.05, 0) is 42.7 Å². The van der Waals surface area contributed by atoms with E-state index in [9.17, 15) is 18.0 Å². The SMILES string of the molecule is C=CC(=O)Nc1cc2c(o1)CN(S(=O)(=O)c1ccc(C(=O)NCCC3CCCCC3)cc1)C2. The number of hydrogen-bond donors (Lipinski definition) is 2. The summed E-state index contributed by atoms with van der Waals surface area (Å²) < 4.78 is 32.9. The minimum Gasteiger partial charge on any atom is -0.444 e. The molecule has 0 unspecified atom stereocenters. The van der Waals surface area contributed by atoms with Crippen molar-refractivity contribution < 1.29 is 22.4 Å². The van der Waals surface area contributed by atoms with Gasteiger partial charge in [0, 0.05) is 30.3 Å². The molecule has 1 aliphatic heterocycles. The van der Waals surface area contributed by atoms with E-state index in [0.29, 0.717) is 29.3 Å². The molecular weight excluding hydrogens is 442 g/mol. The predicted octanol–water partition coefficient (Wildman–Crippen LogP) is 3.81. The molecule has 2 N–H and O–H groups in total. The number of carbonyl (C=O) groups excluding carboxylic acids is 2. The molecule has 1 fully saturated rings. The molecule has 2 aliphatic rings. The van der Waals surface area contributed by atoms with E-state index in [1.54, 1.807) is 18.2 Å². The van der Waals surface area contributed by atoms with Gasteiger partial charge in [-0.3, -0.25) is 14.9 Å². The summed E-state index contributed by atoms with van der Waals surface area (Å²) in [5.41, 5.74) is 1.14. The zero-order valence-electron chi connectivity index (χ0n) is 18.5. The van der Waals surface area contributed by atoms with Crippen LogP contribution in [0.1, 0.15) is 60.2 Å². The minimum absolute atomic E-state index is 0.0744. The average Bonchev–Trinajstić information content (AvgIpc) is 3.39. The summed E-state index contributed by atoms with van der Waals surface area (Å²) in [6.07, 6.45) is 8.46. The van der Waals surface area contributed by atoms with Crippen molar-refractivity contribution in [3.8, 4) is 0 Å². The fourth-order valence-electron chi connectivity index (χ4n) is 4.44. The highest BCUT2D eigenvalue weighted by atomic mass is 32.2. The number of furan rings is 1. The number of sulfonamides is 1. The number of carbonyl (C=O) groups is 2. The topological polar surface area (TPSA) is 109 Å². The summed E-state index contributed by atoms with van der Waals surface area (Å²) in [6.45, 7) is 4.24. The Kier molecular flexibility index (Phi) is 6.99. The minimum atomic E-state index is -3.75. The van der Waals surface area contributed by atoms with Crippen LogP contribution >= 0.6 is 0 Å². The molecular formula is C24H29N3O5S. The van der Waals surface area contributed by atoms with Gasteiger partial charge in [0.1, 0.15) is 5.76 Å². The summed E-state index contributed by atoms with van der Waals surface area (Å²) in [7, 11) is -3.75. The number of benzene rings is 1. The van der Waals surface area contributed by atoms with Crippen LogP contribution in [0.4, 0.5) is 5.88 Å². The van der Waals surface area contributed by atoms with Crippen molar-refractivity contribution in [1.82, 2.24) is 9.62 Å². The van der Waals surface area contributed by atoms with Crippen LogP contribution in [0.2, 0.25) is 0 Å². The van der Waals surface area contributed by atoms with Crippen molar-refractivity contribution in [2.45, 2.75) is 56.5 Å². The first kappa shape index (κ1) is 23.3. The number of nitrogens with zero attached hydrogens (tertiary/aromatic N) is 1. The van der Waals surface area contributed by atoms with Gasteiger partial charge < -0.3 is 9.73 Å². The molecule has 1 saturated carbocycles. The van der Waals surface area contributed by atoms with Gasteiger partial charge in [-0.15, -0.1) is 0 Å². The molecule has 33 heavy (non-hydrogen) atoms. The van der Waals surface area contributed by atoms with Crippen molar-refractivity contribution in [2.24, 2.45) is 5.92 Å². The number of amides is 2. The molecule has 4 rings (SSSR count). The summed E-state index contributed by atoms with van der Waals surface area (Å²) >= 11 is 0. The first-order valence-corrected chi connectivity index (χ1v) is 12.7. The smallest absolute Gasteiger partial charge is 0.251 e. The molecule has 0 spiro atoms. The van der Waals surface area contributed by atoms with Crippen LogP contribution in [-0.4, -0.2) is 31.1 Å². The van der Waals surface area contributed by atoms with Crippen LogP contribution in [0.5, 0.6) is 0 Å².